The van der Waals surface area contributed by atoms with Gasteiger partial charge in [0.25, 0.3) is 0 Å². The number of hydrogen-bond donors (Lipinski definition) is 0. The lowest BCUT2D eigenvalue weighted by molar-refractivity contribution is -0.158. The van der Waals surface area contributed by atoms with Crippen molar-refractivity contribution in [2.75, 3.05) is 0 Å². The summed E-state index contributed by atoms with van der Waals surface area (Å²) < 4.78 is 5.39. The van der Waals surface area contributed by atoms with E-state index in [2.05, 4.69) is 0 Å². The molecule has 1 aliphatic carbocycles. The molecule has 0 bridgehead atoms. The second-order valence-corrected chi connectivity index (χ2v) is 3.77. The molecule has 2 rings (SSSR count). The van der Waals surface area contributed by atoms with Gasteiger partial charge in [0.05, 0.1) is 0 Å². The molecule has 0 aromatic heterocycles. The summed E-state index contributed by atoms with van der Waals surface area (Å²) in [6, 6.07) is 0. The Balaban J connectivity index is 2.09. The van der Waals surface area contributed by atoms with Gasteiger partial charge in [-0.05, 0) is 25.7 Å². The molecule has 0 amide bonds. The van der Waals surface area contributed by atoms with Gasteiger partial charge < -0.3 is 4.74 Å². The Morgan fingerprint density at radius 2 is 2.00 bits per heavy atom. The van der Waals surface area contributed by atoms with Crippen LogP contribution in [-0.2, 0) is 9.53 Å². The van der Waals surface area contributed by atoms with E-state index in [9.17, 15) is 4.79 Å². The number of hydrogen-bond acceptors (Lipinski definition) is 2. The molecule has 0 aromatic carbocycles. The van der Waals surface area contributed by atoms with Gasteiger partial charge in [0.15, 0.2) is 0 Å². The number of carbonyl (C=O) groups excluding carboxylic acids is 1. The van der Waals surface area contributed by atoms with E-state index in [1.165, 1.54) is 19.3 Å². The average Bonchev–Trinajstić information content (AvgIpc) is 2.05. The summed E-state index contributed by atoms with van der Waals surface area (Å²) in [7, 11) is 0. The number of rotatable bonds is 0. The Labute approximate surface area is 72.6 Å². The molecule has 66 valence electrons. The van der Waals surface area contributed by atoms with Crippen molar-refractivity contribution >= 4 is 5.97 Å². The van der Waals surface area contributed by atoms with Crippen molar-refractivity contribution in [2.45, 2.75) is 44.1 Å². The molecular weight excluding hydrogens is 152 g/mol. The molecule has 0 unspecified atom stereocenters. The van der Waals surface area contributed by atoms with Crippen LogP contribution in [0.15, 0.2) is 12.2 Å². The zero-order chi connectivity index (χ0) is 8.44. The highest BCUT2D eigenvalue weighted by atomic mass is 16.6. The Morgan fingerprint density at radius 3 is 2.67 bits per heavy atom. The third kappa shape index (κ3) is 1.38. The van der Waals surface area contributed by atoms with E-state index in [-0.39, 0.29) is 11.6 Å². The fourth-order valence-corrected chi connectivity index (χ4v) is 2.16. The quantitative estimate of drug-likeness (QED) is 0.516. The van der Waals surface area contributed by atoms with Crippen molar-refractivity contribution < 1.29 is 9.53 Å². The molecule has 2 heteroatoms. The standard InChI is InChI=1S/C10H14O2/c11-9-5-4-8-10(12-9)6-2-1-3-7-10/h4-5H,1-3,6-8H2. The van der Waals surface area contributed by atoms with Gasteiger partial charge in [-0.15, -0.1) is 0 Å². The number of ether oxygens (including phenoxy) is 1. The second-order valence-electron chi connectivity index (χ2n) is 3.77. The first-order valence-corrected chi connectivity index (χ1v) is 4.70. The van der Waals surface area contributed by atoms with E-state index in [1.807, 2.05) is 6.08 Å². The van der Waals surface area contributed by atoms with Gasteiger partial charge in [-0.2, -0.15) is 0 Å². The molecule has 1 saturated carbocycles. The molecule has 1 fully saturated rings. The lowest BCUT2D eigenvalue weighted by Gasteiger charge is -2.37. The minimum atomic E-state index is -0.150. The molecule has 0 saturated heterocycles. The predicted molar refractivity (Wildman–Crippen MR) is 45.7 cm³/mol. The molecule has 1 aliphatic heterocycles. The van der Waals surface area contributed by atoms with Gasteiger partial charge in [-0.25, -0.2) is 4.79 Å². The minimum absolute atomic E-state index is 0.107. The highest BCUT2D eigenvalue weighted by Crippen LogP contribution is 2.36. The second kappa shape index (κ2) is 2.92. The highest BCUT2D eigenvalue weighted by Gasteiger charge is 2.36. The maximum atomic E-state index is 11.0. The summed E-state index contributed by atoms with van der Waals surface area (Å²) in [4.78, 5) is 11.0. The van der Waals surface area contributed by atoms with Crippen LogP contribution in [0.4, 0.5) is 0 Å². The first-order chi connectivity index (χ1) is 5.81. The Bertz CT molecular complexity index is 212. The van der Waals surface area contributed by atoms with Crippen LogP contribution in [-0.4, -0.2) is 11.6 Å². The number of carbonyl (C=O) groups is 1. The molecule has 0 N–H and O–H groups in total. The van der Waals surface area contributed by atoms with Crippen molar-refractivity contribution in [3.8, 4) is 0 Å². The van der Waals surface area contributed by atoms with E-state index in [1.54, 1.807) is 6.08 Å². The van der Waals surface area contributed by atoms with Crippen LogP contribution in [0, 0.1) is 0 Å². The van der Waals surface area contributed by atoms with Crippen molar-refractivity contribution in [1.82, 2.24) is 0 Å². The fourth-order valence-electron chi connectivity index (χ4n) is 2.16. The van der Waals surface area contributed by atoms with Gasteiger partial charge >= 0.3 is 5.97 Å². The smallest absolute Gasteiger partial charge is 0.330 e. The van der Waals surface area contributed by atoms with E-state index in [0.717, 1.165) is 19.3 Å². The van der Waals surface area contributed by atoms with E-state index in [0.29, 0.717) is 0 Å². The number of esters is 1. The molecular formula is C10H14O2. The maximum absolute atomic E-state index is 11.0. The van der Waals surface area contributed by atoms with Crippen LogP contribution in [0.25, 0.3) is 0 Å². The molecule has 1 heterocycles. The largest absolute Gasteiger partial charge is 0.456 e. The SMILES string of the molecule is O=C1C=CCC2(CCCCC2)O1. The van der Waals surface area contributed by atoms with Gasteiger partial charge in [0, 0.05) is 12.5 Å². The van der Waals surface area contributed by atoms with E-state index >= 15 is 0 Å². The first-order valence-electron chi connectivity index (χ1n) is 4.70. The van der Waals surface area contributed by atoms with Crippen LogP contribution in [0.5, 0.6) is 0 Å². The summed E-state index contributed by atoms with van der Waals surface area (Å²) in [5.74, 6) is -0.150. The lowest BCUT2D eigenvalue weighted by Crippen LogP contribution is -2.38. The third-order valence-electron chi connectivity index (χ3n) is 2.83. The lowest BCUT2D eigenvalue weighted by atomic mass is 9.81. The Hall–Kier alpha value is -0.790. The van der Waals surface area contributed by atoms with Crippen LogP contribution >= 0.6 is 0 Å². The van der Waals surface area contributed by atoms with Crippen LogP contribution < -0.4 is 0 Å². The summed E-state index contributed by atoms with van der Waals surface area (Å²) in [6.45, 7) is 0. The van der Waals surface area contributed by atoms with Gasteiger partial charge in [-0.1, -0.05) is 12.5 Å². The van der Waals surface area contributed by atoms with Gasteiger partial charge in [0.1, 0.15) is 5.60 Å². The fraction of sp³-hybridized carbons (Fsp3) is 0.700. The summed E-state index contributed by atoms with van der Waals surface area (Å²) in [6.07, 6.45) is 10.3. The van der Waals surface area contributed by atoms with Crippen LogP contribution in [0.2, 0.25) is 0 Å². The van der Waals surface area contributed by atoms with Gasteiger partial charge in [0.2, 0.25) is 0 Å². The maximum Gasteiger partial charge on any atom is 0.330 e. The summed E-state index contributed by atoms with van der Waals surface area (Å²) in [5, 5.41) is 0. The van der Waals surface area contributed by atoms with Crippen molar-refractivity contribution in [1.29, 1.82) is 0 Å². The van der Waals surface area contributed by atoms with E-state index < -0.39 is 0 Å². The molecule has 0 radical (unpaired) electrons. The third-order valence-corrected chi connectivity index (χ3v) is 2.83. The Kier molecular flexibility index (Phi) is 1.91. The summed E-state index contributed by atoms with van der Waals surface area (Å²) >= 11 is 0. The van der Waals surface area contributed by atoms with Crippen LogP contribution in [0.3, 0.4) is 0 Å². The van der Waals surface area contributed by atoms with Crippen molar-refractivity contribution in [3.63, 3.8) is 0 Å². The predicted octanol–water partition coefficient (Wildman–Crippen LogP) is 2.19. The highest BCUT2D eigenvalue weighted by molar-refractivity contribution is 5.83. The average molecular weight is 166 g/mol. The van der Waals surface area contributed by atoms with E-state index in [4.69, 9.17) is 4.74 Å². The van der Waals surface area contributed by atoms with Gasteiger partial charge in [-0.3, -0.25) is 0 Å². The van der Waals surface area contributed by atoms with Crippen molar-refractivity contribution in [3.05, 3.63) is 12.2 Å². The normalized spacial score (nSPS) is 27.2. The topological polar surface area (TPSA) is 26.3 Å². The Morgan fingerprint density at radius 1 is 1.25 bits per heavy atom. The molecule has 0 aromatic rings. The molecule has 2 nitrogen and oxygen atoms in total. The molecule has 2 aliphatic rings. The molecule has 12 heavy (non-hydrogen) atoms. The monoisotopic (exact) mass is 166 g/mol. The minimum Gasteiger partial charge on any atom is -0.456 e. The van der Waals surface area contributed by atoms with Crippen molar-refractivity contribution in [2.24, 2.45) is 0 Å². The van der Waals surface area contributed by atoms with Crippen LogP contribution in [0.1, 0.15) is 38.5 Å². The molecule has 1 spiro atoms. The first kappa shape index (κ1) is 7.84. The zero-order valence-electron chi connectivity index (χ0n) is 7.21. The molecule has 0 atom stereocenters. The zero-order valence-corrected chi connectivity index (χ0v) is 7.21. The summed E-state index contributed by atoms with van der Waals surface area (Å²) in [5.41, 5.74) is -0.107.